The number of rotatable bonds is 13. The number of nitrogens with one attached hydrogen (secondary N) is 2. The first-order chi connectivity index (χ1) is 24.4. The smallest absolute Gasteiger partial charge is 0.248 e. The molecule has 9 nitrogen and oxygen atoms in total. The Labute approximate surface area is 294 Å². The number of hydrogen-bond donors (Lipinski definition) is 4. The molecule has 0 aliphatic carbocycles. The van der Waals surface area contributed by atoms with E-state index in [0.717, 1.165) is 62.5 Å². The molecule has 0 radical (unpaired) electrons. The number of fused-ring (bicyclic) bond motifs is 4. The van der Waals surface area contributed by atoms with Gasteiger partial charge in [0.25, 0.3) is 0 Å². The zero-order valence-corrected chi connectivity index (χ0v) is 28.8. The fourth-order valence-corrected chi connectivity index (χ4v) is 8.61. The fourth-order valence-electron chi connectivity index (χ4n) is 8.61. The fraction of sp³-hybridized carbons (Fsp3) is 0.463. The van der Waals surface area contributed by atoms with Gasteiger partial charge < -0.3 is 35.1 Å². The number of carbonyl (C=O) groups is 1. The van der Waals surface area contributed by atoms with E-state index in [-0.39, 0.29) is 17.2 Å². The van der Waals surface area contributed by atoms with Gasteiger partial charge in [0.15, 0.2) is 0 Å². The van der Waals surface area contributed by atoms with E-state index in [1.807, 2.05) is 24.3 Å². The molecule has 8 rings (SSSR count). The molecular weight excluding hydrogens is 628 g/mol. The molecular formula is C41H50N4O5. The van der Waals surface area contributed by atoms with Gasteiger partial charge in [-0.1, -0.05) is 48.5 Å². The minimum absolute atomic E-state index is 0.0207. The minimum atomic E-state index is -0.780. The monoisotopic (exact) mass is 678 g/mol. The van der Waals surface area contributed by atoms with Gasteiger partial charge in [-0.05, 0) is 117 Å². The van der Waals surface area contributed by atoms with E-state index in [9.17, 15) is 19.8 Å². The van der Waals surface area contributed by atoms with Crippen LogP contribution in [0.3, 0.4) is 0 Å². The number of carbonyl (C=O) groups excluding carboxylic acids is 1. The molecule has 4 N–H and O–H groups in total. The van der Waals surface area contributed by atoms with Crippen LogP contribution in [0.15, 0.2) is 83.7 Å². The summed E-state index contributed by atoms with van der Waals surface area (Å²) in [5.41, 5.74) is 3.12. The SMILES string of the molecule is O=C(Cc1ccc(OCCCCNCC(O)c2ccc(O)c3[nH]c(=O)ccc23)cc1)N1CCC(c2ccccc2)CC1C1CN2CCC1CC2. The number of benzene rings is 3. The van der Waals surface area contributed by atoms with Crippen molar-refractivity contribution in [3.05, 3.63) is 106 Å². The molecule has 264 valence electrons. The molecule has 0 saturated carbocycles. The highest BCUT2D eigenvalue weighted by atomic mass is 16.5. The molecule has 4 saturated heterocycles. The third-order valence-corrected chi connectivity index (χ3v) is 11.3. The quantitative estimate of drug-likeness (QED) is 0.140. The predicted molar refractivity (Wildman–Crippen MR) is 196 cm³/mol. The molecule has 1 amide bonds. The number of hydrogen-bond acceptors (Lipinski definition) is 7. The Morgan fingerprint density at radius 2 is 1.74 bits per heavy atom. The molecule has 4 atom stereocenters. The number of aliphatic hydroxyl groups is 1. The van der Waals surface area contributed by atoms with Crippen LogP contribution in [0.4, 0.5) is 0 Å². The molecule has 4 unspecified atom stereocenters. The standard InChI is InChI=1S/C41H50N4O5/c46-37-14-12-33(34-13-15-39(48)43-41(34)37)38(47)26-42-19-4-5-23-50-32-10-8-28(9-11-32)24-40(49)45-22-18-31(29-6-2-1-3-7-29)25-36(45)35-27-44-20-16-30(35)17-21-44/h1-3,6-15,30-31,35-36,38,42,46-47H,4-5,16-27H2,(H,43,48). The summed E-state index contributed by atoms with van der Waals surface area (Å²) in [6, 6.07) is 25.4. The Bertz CT molecular complexity index is 1790. The Balaban J connectivity index is 0.860. The number of phenolic OH excluding ortho intramolecular Hbond substituents is 1. The van der Waals surface area contributed by atoms with E-state index in [2.05, 4.69) is 50.4 Å². The van der Waals surface area contributed by atoms with Crippen LogP contribution in [0.2, 0.25) is 0 Å². The van der Waals surface area contributed by atoms with Crippen molar-refractivity contribution >= 4 is 16.8 Å². The maximum Gasteiger partial charge on any atom is 0.248 e. The highest BCUT2D eigenvalue weighted by Crippen LogP contribution is 2.42. The largest absolute Gasteiger partial charge is 0.506 e. The number of piperidine rings is 4. The number of phenols is 1. The maximum atomic E-state index is 13.9. The van der Waals surface area contributed by atoms with Crippen LogP contribution in [0.1, 0.15) is 67.2 Å². The Hall–Kier alpha value is -4.18. The van der Waals surface area contributed by atoms with Crippen LogP contribution in [-0.4, -0.2) is 82.8 Å². The molecule has 4 aromatic rings. The molecule has 4 aliphatic heterocycles. The number of amides is 1. The molecule has 4 aliphatic rings. The van der Waals surface area contributed by atoms with Crippen molar-refractivity contribution in [2.45, 2.75) is 63.0 Å². The van der Waals surface area contributed by atoms with Crippen LogP contribution >= 0.6 is 0 Å². The van der Waals surface area contributed by atoms with Gasteiger partial charge in [0, 0.05) is 37.1 Å². The van der Waals surface area contributed by atoms with Gasteiger partial charge in [-0.3, -0.25) is 9.59 Å². The molecule has 4 fully saturated rings. The molecule has 5 heterocycles. The lowest BCUT2D eigenvalue weighted by Crippen LogP contribution is -2.58. The number of unbranched alkanes of at least 4 members (excludes halogenated alkanes) is 1. The van der Waals surface area contributed by atoms with Gasteiger partial charge in [0.05, 0.1) is 24.6 Å². The average Bonchev–Trinajstić information content (AvgIpc) is 3.16. The number of aliphatic hydroxyl groups excluding tert-OH is 1. The van der Waals surface area contributed by atoms with E-state index in [4.69, 9.17) is 4.74 Å². The van der Waals surface area contributed by atoms with Gasteiger partial charge in [0.1, 0.15) is 11.5 Å². The van der Waals surface area contributed by atoms with E-state index < -0.39 is 6.10 Å². The molecule has 2 bridgehead atoms. The van der Waals surface area contributed by atoms with Gasteiger partial charge in [-0.15, -0.1) is 0 Å². The lowest BCUT2D eigenvalue weighted by Gasteiger charge is -2.52. The van der Waals surface area contributed by atoms with Gasteiger partial charge in [-0.25, -0.2) is 0 Å². The second kappa shape index (κ2) is 15.8. The van der Waals surface area contributed by atoms with Crippen LogP contribution in [0.25, 0.3) is 10.9 Å². The molecule has 1 aromatic heterocycles. The number of nitrogens with zero attached hydrogens (tertiary/aromatic N) is 2. The summed E-state index contributed by atoms with van der Waals surface area (Å²) in [6.07, 6.45) is 5.99. The normalized spacial score (nSPS) is 23.9. The van der Waals surface area contributed by atoms with Gasteiger partial charge >= 0.3 is 0 Å². The number of aromatic amines is 1. The van der Waals surface area contributed by atoms with Gasteiger partial charge in [0.2, 0.25) is 11.5 Å². The van der Waals surface area contributed by atoms with E-state index in [0.29, 0.717) is 53.9 Å². The summed E-state index contributed by atoms with van der Waals surface area (Å²) in [5, 5.41) is 24.7. The van der Waals surface area contributed by atoms with E-state index in [1.165, 1.54) is 43.6 Å². The summed E-state index contributed by atoms with van der Waals surface area (Å²) in [6.45, 7) is 6.04. The second-order valence-electron chi connectivity index (χ2n) is 14.5. The first-order valence-electron chi connectivity index (χ1n) is 18.4. The second-order valence-corrected chi connectivity index (χ2v) is 14.5. The molecule has 0 spiro atoms. The molecule has 50 heavy (non-hydrogen) atoms. The summed E-state index contributed by atoms with van der Waals surface area (Å²) in [4.78, 5) is 33.1. The van der Waals surface area contributed by atoms with E-state index in [1.54, 1.807) is 12.1 Å². The average molecular weight is 679 g/mol. The lowest BCUT2D eigenvalue weighted by atomic mass is 9.70. The Morgan fingerprint density at radius 3 is 2.50 bits per heavy atom. The molecule has 3 aromatic carbocycles. The Kier molecular flexibility index (Phi) is 10.8. The number of aromatic hydroxyl groups is 1. The van der Waals surface area contributed by atoms with E-state index >= 15 is 0 Å². The van der Waals surface area contributed by atoms with Crippen LogP contribution in [-0.2, 0) is 11.2 Å². The van der Waals surface area contributed by atoms with Crippen molar-refractivity contribution in [1.82, 2.24) is 20.1 Å². The summed E-state index contributed by atoms with van der Waals surface area (Å²) >= 11 is 0. The zero-order valence-electron chi connectivity index (χ0n) is 28.8. The first kappa shape index (κ1) is 34.3. The van der Waals surface area contributed by atoms with Crippen molar-refractivity contribution in [3.8, 4) is 11.5 Å². The number of ether oxygens (including phenoxy) is 1. The highest BCUT2D eigenvalue weighted by Gasteiger charge is 2.44. The van der Waals surface area contributed by atoms with Crippen molar-refractivity contribution in [2.24, 2.45) is 11.8 Å². The lowest BCUT2D eigenvalue weighted by molar-refractivity contribution is -0.138. The van der Waals surface area contributed by atoms with Crippen LogP contribution in [0, 0.1) is 11.8 Å². The van der Waals surface area contributed by atoms with Gasteiger partial charge in [-0.2, -0.15) is 0 Å². The van der Waals surface area contributed by atoms with Crippen LogP contribution < -0.4 is 15.6 Å². The van der Waals surface area contributed by atoms with Crippen LogP contribution in [0.5, 0.6) is 11.5 Å². The third kappa shape index (κ3) is 7.90. The first-order valence-corrected chi connectivity index (χ1v) is 18.4. The van der Waals surface area contributed by atoms with Crippen molar-refractivity contribution in [3.63, 3.8) is 0 Å². The maximum absolute atomic E-state index is 13.9. The Morgan fingerprint density at radius 1 is 0.940 bits per heavy atom. The van der Waals surface area contributed by atoms with Crippen molar-refractivity contribution in [1.29, 1.82) is 0 Å². The van der Waals surface area contributed by atoms with Crippen molar-refractivity contribution < 1.29 is 19.7 Å². The number of H-pyrrole nitrogens is 1. The number of aromatic nitrogens is 1. The zero-order chi connectivity index (χ0) is 34.5. The minimum Gasteiger partial charge on any atom is -0.506 e. The topological polar surface area (TPSA) is 118 Å². The number of pyridine rings is 1. The summed E-state index contributed by atoms with van der Waals surface area (Å²) in [7, 11) is 0. The highest BCUT2D eigenvalue weighted by molar-refractivity contribution is 5.87. The summed E-state index contributed by atoms with van der Waals surface area (Å²) < 4.78 is 6.00. The predicted octanol–water partition coefficient (Wildman–Crippen LogP) is 5.38. The molecule has 9 heteroatoms. The number of likely N-dealkylation sites (tertiary alicyclic amines) is 1. The summed E-state index contributed by atoms with van der Waals surface area (Å²) in [5.74, 6) is 2.84. The third-order valence-electron chi connectivity index (χ3n) is 11.3. The van der Waals surface area contributed by atoms with Crippen molar-refractivity contribution in [2.75, 3.05) is 45.9 Å².